The fraction of sp³-hybridized carbons (Fsp3) is 0.887. The number of allylic oxidation sites excluding steroid dienone is 4. The Kier molecular flexibility index (Phi) is 60.9. The molecule has 0 aliphatic heterocycles. The molecule has 0 spiro atoms. The highest BCUT2D eigenvalue weighted by Crippen LogP contribution is 2.45. The van der Waals surface area contributed by atoms with Crippen molar-refractivity contribution >= 4 is 39.5 Å². The van der Waals surface area contributed by atoms with Gasteiger partial charge in [-0.05, 0) is 63.2 Å². The average Bonchev–Trinajstić information content (AvgIpc) is 3.24. The summed E-state index contributed by atoms with van der Waals surface area (Å²) >= 11 is 0. The minimum atomic E-state index is -4.96. The van der Waals surface area contributed by atoms with Crippen molar-refractivity contribution in [2.75, 3.05) is 39.6 Å². The van der Waals surface area contributed by atoms with Crippen molar-refractivity contribution < 1.29 is 80.2 Å². The van der Waals surface area contributed by atoms with Crippen LogP contribution in [0.4, 0.5) is 0 Å². The number of unbranched alkanes of at least 4 members (excludes halogenated alkanes) is 33. The number of ether oxygens (including phenoxy) is 4. The second-order valence-corrected chi connectivity index (χ2v) is 28.3. The van der Waals surface area contributed by atoms with Gasteiger partial charge in [0.05, 0.1) is 26.4 Å². The highest BCUT2D eigenvalue weighted by molar-refractivity contribution is 7.47. The van der Waals surface area contributed by atoms with Gasteiger partial charge >= 0.3 is 39.5 Å². The lowest BCUT2D eigenvalue weighted by atomic mass is 9.99. The Bertz CT molecular complexity index is 1850. The van der Waals surface area contributed by atoms with Gasteiger partial charge in [-0.15, -0.1) is 0 Å². The zero-order chi connectivity index (χ0) is 66.5. The van der Waals surface area contributed by atoms with Gasteiger partial charge in [0, 0.05) is 25.7 Å². The number of phosphoric acid groups is 2. The molecule has 17 nitrogen and oxygen atoms in total. The molecule has 0 fully saturated rings. The molecule has 19 heteroatoms. The summed E-state index contributed by atoms with van der Waals surface area (Å²) in [5.41, 5.74) is 0. The predicted molar refractivity (Wildman–Crippen MR) is 363 cm³/mol. The summed E-state index contributed by atoms with van der Waals surface area (Å²) in [5.74, 6) is -0.658. The van der Waals surface area contributed by atoms with Crippen molar-refractivity contribution in [2.24, 2.45) is 11.8 Å². The third-order valence-corrected chi connectivity index (χ3v) is 18.5. The molecule has 7 atom stereocenters. The van der Waals surface area contributed by atoms with Gasteiger partial charge in [-0.25, -0.2) is 9.13 Å². The molecule has 0 aliphatic rings. The third-order valence-electron chi connectivity index (χ3n) is 16.6. The number of hydrogen-bond donors (Lipinski definition) is 3. The molecule has 3 N–H and O–H groups in total. The average molecular weight is 1320 g/mol. The number of phosphoric ester groups is 2. The number of carbonyl (C=O) groups is 4. The first-order valence-electron chi connectivity index (χ1n) is 36.4. The van der Waals surface area contributed by atoms with E-state index in [1.165, 1.54) is 135 Å². The van der Waals surface area contributed by atoms with E-state index in [-0.39, 0.29) is 25.7 Å². The topological polar surface area (TPSA) is 237 Å². The van der Waals surface area contributed by atoms with Crippen LogP contribution in [0.15, 0.2) is 24.3 Å². The summed E-state index contributed by atoms with van der Waals surface area (Å²) in [6.45, 7) is 9.44. The molecular weight excluding hydrogens is 1190 g/mol. The van der Waals surface area contributed by atoms with E-state index >= 15 is 0 Å². The minimum absolute atomic E-state index is 0.0850. The first-order valence-corrected chi connectivity index (χ1v) is 39.4. The second kappa shape index (κ2) is 62.6. The van der Waals surface area contributed by atoms with Crippen molar-refractivity contribution in [1.82, 2.24) is 0 Å². The van der Waals surface area contributed by atoms with Crippen LogP contribution in [0.5, 0.6) is 0 Å². The normalized spacial score (nSPS) is 14.9. The molecule has 0 aromatic rings. The van der Waals surface area contributed by atoms with Crippen LogP contribution in [0, 0.1) is 11.8 Å². The molecule has 0 amide bonds. The SMILES string of the molecule is CCCCCC/C=C\C=C/CCCCCCCC(=O)O[C@H](COC(=O)CCCCCCCCCCCCCCC)COP(=O)(O)OC[C@@H](O)COP(=O)(O)OC[C@@H](COC(=O)CCCCCCCCC(C)CC)OC(=O)CCCCCCCCCCC(C)CC. The first-order chi connectivity index (χ1) is 43.4. The molecule has 90 heavy (non-hydrogen) atoms. The Morgan fingerprint density at radius 2 is 0.622 bits per heavy atom. The van der Waals surface area contributed by atoms with Crippen LogP contribution in [0.25, 0.3) is 0 Å². The Morgan fingerprint density at radius 1 is 0.356 bits per heavy atom. The molecule has 0 aromatic heterocycles. The van der Waals surface area contributed by atoms with Crippen LogP contribution in [0.3, 0.4) is 0 Å². The van der Waals surface area contributed by atoms with Crippen LogP contribution in [-0.4, -0.2) is 96.7 Å². The second-order valence-electron chi connectivity index (χ2n) is 25.4. The van der Waals surface area contributed by atoms with E-state index in [2.05, 4.69) is 65.8 Å². The standard InChI is InChI=1S/C71H134O17P2/c1-7-11-13-15-17-19-21-23-24-26-28-30-35-43-49-55-70(75)87-66(59-81-68(73)53-47-41-34-29-27-25-22-20-18-16-14-12-8-2)61-85-89(77,78)83-57-65(72)58-84-90(79,80)86-62-67(60-82-69(74)54-48-42-38-37-40-46-52-64(6)10-4)88-71(76)56-50-44-36-32-31-33-39-45-51-63(5)9-3/h19,21,23-24,63-67,72H,7-18,20,22,25-62H2,1-6H3,(H,77,78)(H,79,80)/b21-19-,24-23-/t63?,64?,65-,66-,67-/m1/s1. The summed E-state index contributed by atoms with van der Waals surface area (Å²) in [6.07, 6.45) is 50.7. The van der Waals surface area contributed by atoms with E-state index in [4.69, 9.17) is 37.0 Å². The van der Waals surface area contributed by atoms with Crippen molar-refractivity contribution in [3.63, 3.8) is 0 Å². The number of aliphatic hydroxyl groups excluding tert-OH is 1. The Morgan fingerprint density at radius 3 is 0.944 bits per heavy atom. The van der Waals surface area contributed by atoms with Crippen molar-refractivity contribution in [3.05, 3.63) is 24.3 Å². The molecule has 0 aromatic carbocycles. The van der Waals surface area contributed by atoms with E-state index < -0.39 is 97.5 Å². The maximum Gasteiger partial charge on any atom is 0.472 e. The molecule has 530 valence electrons. The zero-order valence-electron chi connectivity index (χ0n) is 57.9. The Hall–Kier alpha value is -2.46. The number of esters is 4. The molecule has 0 saturated heterocycles. The fourth-order valence-electron chi connectivity index (χ4n) is 10.2. The highest BCUT2D eigenvalue weighted by atomic mass is 31.2. The van der Waals surface area contributed by atoms with Gasteiger partial charge in [0.25, 0.3) is 0 Å². The number of aliphatic hydroxyl groups is 1. The third kappa shape index (κ3) is 61.7. The molecule has 0 rings (SSSR count). The maximum atomic E-state index is 13.0. The lowest BCUT2D eigenvalue weighted by Crippen LogP contribution is -2.30. The lowest BCUT2D eigenvalue weighted by molar-refractivity contribution is -0.161. The molecule has 0 aliphatic carbocycles. The Labute approximate surface area is 548 Å². The van der Waals surface area contributed by atoms with E-state index in [9.17, 15) is 43.2 Å². The van der Waals surface area contributed by atoms with Gasteiger partial charge in [-0.1, -0.05) is 284 Å². The van der Waals surface area contributed by atoms with Crippen molar-refractivity contribution in [2.45, 2.75) is 355 Å². The van der Waals surface area contributed by atoms with Gasteiger partial charge in [-0.3, -0.25) is 37.3 Å². The van der Waals surface area contributed by atoms with Gasteiger partial charge in [-0.2, -0.15) is 0 Å². The van der Waals surface area contributed by atoms with Crippen LogP contribution in [0.1, 0.15) is 337 Å². The van der Waals surface area contributed by atoms with Crippen LogP contribution < -0.4 is 0 Å². The summed E-state index contributed by atoms with van der Waals surface area (Å²) < 4.78 is 68.3. The van der Waals surface area contributed by atoms with Gasteiger partial charge in [0.1, 0.15) is 19.3 Å². The summed E-state index contributed by atoms with van der Waals surface area (Å²) in [5, 5.41) is 10.6. The quantitative estimate of drug-likeness (QED) is 0.0169. The van der Waals surface area contributed by atoms with Gasteiger partial charge in [0.15, 0.2) is 12.2 Å². The van der Waals surface area contributed by atoms with Crippen LogP contribution in [0.2, 0.25) is 0 Å². The summed E-state index contributed by atoms with van der Waals surface area (Å²) in [4.78, 5) is 72.6. The molecule has 0 bridgehead atoms. The smallest absolute Gasteiger partial charge is 0.462 e. The van der Waals surface area contributed by atoms with E-state index in [1.54, 1.807) is 0 Å². The largest absolute Gasteiger partial charge is 0.472 e. The molecule has 0 radical (unpaired) electrons. The zero-order valence-corrected chi connectivity index (χ0v) is 59.7. The first kappa shape index (κ1) is 87.5. The van der Waals surface area contributed by atoms with Crippen LogP contribution >= 0.6 is 15.6 Å². The molecule has 4 unspecified atom stereocenters. The highest BCUT2D eigenvalue weighted by Gasteiger charge is 2.30. The minimum Gasteiger partial charge on any atom is -0.462 e. The molecule has 0 saturated carbocycles. The van der Waals surface area contributed by atoms with E-state index in [0.29, 0.717) is 25.7 Å². The number of rotatable bonds is 68. The van der Waals surface area contributed by atoms with E-state index in [1.807, 2.05) is 0 Å². The van der Waals surface area contributed by atoms with Crippen molar-refractivity contribution in [3.8, 4) is 0 Å². The van der Waals surface area contributed by atoms with E-state index in [0.717, 1.165) is 121 Å². The van der Waals surface area contributed by atoms with Gasteiger partial charge in [0.2, 0.25) is 0 Å². The Balaban J connectivity index is 5.30. The molecular formula is C71H134O17P2. The molecule has 0 heterocycles. The van der Waals surface area contributed by atoms with Gasteiger partial charge < -0.3 is 33.8 Å². The lowest BCUT2D eigenvalue weighted by Gasteiger charge is -2.21. The number of carbonyl (C=O) groups excluding carboxylic acids is 4. The maximum absolute atomic E-state index is 13.0. The summed E-state index contributed by atoms with van der Waals surface area (Å²) in [7, 11) is -9.92. The monoisotopic (exact) mass is 1320 g/mol. The summed E-state index contributed by atoms with van der Waals surface area (Å²) in [6, 6.07) is 0. The fourth-order valence-corrected chi connectivity index (χ4v) is 11.7. The van der Waals surface area contributed by atoms with Crippen LogP contribution in [-0.2, 0) is 65.4 Å². The van der Waals surface area contributed by atoms with Crippen molar-refractivity contribution in [1.29, 1.82) is 0 Å². The number of hydrogen-bond acceptors (Lipinski definition) is 15. The predicted octanol–water partition coefficient (Wildman–Crippen LogP) is 19.9.